The van der Waals surface area contributed by atoms with E-state index in [1.165, 1.54) is 178 Å². The summed E-state index contributed by atoms with van der Waals surface area (Å²) in [5.74, 6) is 1.16. The zero-order valence-corrected chi connectivity index (χ0v) is 80.6. The van der Waals surface area contributed by atoms with Gasteiger partial charge in [-0.2, -0.15) is 26.3 Å². The van der Waals surface area contributed by atoms with Gasteiger partial charge in [0.1, 0.15) is 0 Å². The highest BCUT2D eigenvalue weighted by atomic mass is 19.4. The molecule has 0 saturated heterocycles. The number of alkyl halides is 6. The van der Waals surface area contributed by atoms with Gasteiger partial charge in [-0.15, -0.1) is 0 Å². The first-order chi connectivity index (χ1) is 59.6. The van der Waals surface area contributed by atoms with Crippen LogP contribution in [0.2, 0.25) is 0 Å². The number of aryl methyl sites for hydroxylation is 15. The molecule has 0 bridgehead atoms. The first-order valence-electron chi connectivity index (χ1n) is 44.9. The molecule has 14 aromatic carbocycles. The van der Waals surface area contributed by atoms with Crippen molar-refractivity contribution in [3.05, 3.63) is 415 Å². The molecule has 0 aliphatic carbocycles. The minimum Gasteiger partial charge on any atom is -0.171 e. The number of halogens is 6. The van der Waals surface area contributed by atoms with Crippen molar-refractivity contribution in [2.24, 2.45) is 22.2 Å². The van der Waals surface area contributed by atoms with Crippen LogP contribution in [0.1, 0.15) is 193 Å². The summed E-state index contributed by atoms with van der Waals surface area (Å²) in [5.41, 5.74) is 39.5. The van der Waals surface area contributed by atoms with Crippen molar-refractivity contribution in [3.8, 4) is 77.9 Å². The van der Waals surface area contributed by atoms with Gasteiger partial charge in [0.15, 0.2) is 0 Å². The lowest BCUT2D eigenvalue weighted by molar-refractivity contribution is -0.211. The summed E-state index contributed by atoms with van der Waals surface area (Å²) in [7, 11) is 0. The van der Waals surface area contributed by atoms with Crippen LogP contribution >= 0.6 is 0 Å². The topological polar surface area (TPSA) is 0 Å². The Hall–Kier alpha value is -11.3. The van der Waals surface area contributed by atoms with Crippen LogP contribution in [0.3, 0.4) is 0 Å². The zero-order valence-electron chi connectivity index (χ0n) is 80.6. The van der Waals surface area contributed by atoms with Crippen LogP contribution in [0.25, 0.3) is 77.9 Å². The molecule has 6 heteroatoms. The number of rotatable bonds is 15. The van der Waals surface area contributed by atoms with E-state index in [1.54, 1.807) is 18.2 Å². The molecule has 0 saturated carbocycles. The normalized spacial score (nSPS) is 11.4. The van der Waals surface area contributed by atoms with Crippen LogP contribution in [0.4, 0.5) is 26.3 Å². The van der Waals surface area contributed by atoms with Crippen molar-refractivity contribution in [2.75, 3.05) is 0 Å². The molecular formula is C121H138F6. The molecule has 14 rings (SSSR count). The summed E-state index contributed by atoms with van der Waals surface area (Å²) in [6.07, 6.45) is -6.13. The Morgan fingerprint density at radius 2 is 0.496 bits per heavy atom. The SMILES string of the molecule is Cc1ccc(-c2ccc(C)cc2C)cc1.Cc1ccc(-c2ccc(CC(C)(C)C(F)(F)F)cc2)cc1C(C)C.Cc1ccc(-c2ccc(CC(C)(C)C(F)(F)F)cc2C)cc1.Cc1ccc(-c2ccc(CC(C)(C)C)cc2C)cc1.Cc1ccc(-c2ccc(CC(C)C)cc2C)cc1.Cc1ccc(-c2ccccc2C)cc1.Cc1ccc(-c2ccccc2C)cc1C. The molecule has 0 spiro atoms. The molecule has 0 aromatic heterocycles. The Kier molecular flexibility index (Phi) is 36.1. The smallest absolute Gasteiger partial charge is 0.171 e. The van der Waals surface area contributed by atoms with Crippen LogP contribution < -0.4 is 0 Å². The molecule has 0 N–H and O–H groups in total. The predicted molar refractivity (Wildman–Crippen MR) is 537 cm³/mol. The van der Waals surface area contributed by atoms with Gasteiger partial charge in [-0.3, -0.25) is 0 Å². The number of hydrogen-bond acceptors (Lipinski definition) is 0. The molecule has 127 heavy (non-hydrogen) atoms. The minimum atomic E-state index is -4.20. The van der Waals surface area contributed by atoms with E-state index in [0.29, 0.717) is 16.9 Å². The number of hydrogen-bond donors (Lipinski definition) is 0. The maximum Gasteiger partial charge on any atom is 0.394 e. The average molecular weight is 1710 g/mol. The maximum atomic E-state index is 13.0. The number of benzene rings is 14. The van der Waals surface area contributed by atoms with Crippen molar-refractivity contribution in [2.45, 2.75) is 224 Å². The lowest BCUT2D eigenvalue weighted by atomic mass is 9.84. The summed E-state index contributed by atoms with van der Waals surface area (Å²) >= 11 is 0. The van der Waals surface area contributed by atoms with E-state index in [2.05, 4.69) is 375 Å². The van der Waals surface area contributed by atoms with Crippen LogP contribution in [-0.2, 0) is 25.7 Å². The van der Waals surface area contributed by atoms with Crippen molar-refractivity contribution in [1.82, 2.24) is 0 Å². The van der Waals surface area contributed by atoms with Crippen LogP contribution in [-0.4, -0.2) is 12.4 Å². The van der Waals surface area contributed by atoms with Crippen molar-refractivity contribution in [1.29, 1.82) is 0 Å². The van der Waals surface area contributed by atoms with Crippen molar-refractivity contribution < 1.29 is 26.3 Å². The first kappa shape index (κ1) is 101. The fourth-order valence-corrected chi connectivity index (χ4v) is 15.6. The standard InChI is InChI=1S/C21H25F3.C19H21F3.C19H24.C18H22.2C15H16.C14H14/c1-14(2)19-12-18(9-6-15(19)3)17-10-7-16(8-11-17)13-20(4,5)21(22,23)24;1-13-5-8-16(9-6-13)17-10-7-15(11-14(17)2)12-18(3,4)19(20,21)22;1-14-6-9-17(10-7-14)18-11-8-16(12-15(18)2)13-19(3,4)5;1-13(2)11-16-7-10-18(15(4)12-16)17-8-5-14(3)6-9-17;1-11-4-7-14(8-5-11)15-9-6-12(2)10-13(15)3;1-11-8-9-14(10-13(11)3)15-7-5-4-6-12(15)2;1-11-7-9-13(10-8-11)14-6-4-3-5-12(14)2/h6-12,14H,13H2,1-5H3;5-11H,12H2,1-4H3;6-12H,13H2,1-5H3;5-10,12-13H,11H2,1-4H3;2*4-10H,1-3H3;3-10H,1-2H3. The zero-order chi connectivity index (χ0) is 93.5. The summed E-state index contributed by atoms with van der Waals surface area (Å²) in [6, 6.07) is 106. The first-order valence-corrected chi connectivity index (χ1v) is 44.9. The van der Waals surface area contributed by atoms with Gasteiger partial charge in [-0.1, -0.05) is 413 Å². The second-order valence-corrected chi connectivity index (χ2v) is 38.4. The summed E-state index contributed by atoms with van der Waals surface area (Å²) in [4.78, 5) is 0. The van der Waals surface area contributed by atoms with E-state index >= 15 is 0 Å². The summed E-state index contributed by atoms with van der Waals surface area (Å²) < 4.78 is 78.1. The molecule has 0 fully saturated rings. The van der Waals surface area contributed by atoms with Gasteiger partial charge < -0.3 is 0 Å². The van der Waals surface area contributed by atoms with Gasteiger partial charge in [-0.25, -0.2) is 0 Å². The van der Waals surface area contributed by atoms with Crippen molar-refractivity contribution >= 4 is 0 Å². The summed E-state index contributed by atoms with van der Waals surface area (Å²) in [5, 5.41) is 0. The van der Waals surface area contributed by atoms with E-state index in [-0.39, 0.29) is 12.8 Å². The molecule has 0 amide bonds. The third kappa shape index (κ3) is 30.7. The van der Waals surface area contributed by atoms with Crippen LogP contribution in [0.15, 0.2) is 303 Å². The van der Waals surface area contributed by atoms with E-state index in [9.17, 15) is 26.3 Å². The Balaban J connectivity index is 0.000000185. The molecule has 0 radical (unpaired) electrons. The van der Waals surface area contributed by atoms with E-state index in [0.717, 1.165) is 52.1 Å². The van der Waals surface area contributed by atoms with Gasteiger partial charge in [0.05, 0.1) is 10.8 Å². The predicted octanol–water partition coefficient (Wildman–Crippen LogP) is 36.3. The lowest BCUT2D eigenvalue weighted by Gasteiger charge is -2.28. The van der Waals surface area contributed by atoms with E-state index in [4.69, 9.17) is 0 Å². The Bertz CT molecular complexity index is 5820. The molecule has 0 aliphatic heterocycles. The van der Waals surface area contributed by atoms with E-state index < -0.39 is 23.2 Å². The monoisotopic (exact) mass is 1710 g/mol. The third-order valence-electron chi connectivity index (χ3n) is 23.6. The Morgan fingerprint density at radius 3 is 0.835 bits per heavy atom. The van der Waals surface area contributed by atoms with Gasteiger partial charge in [0.25, 0.3) is 0 Å². The molecular weight excluding hydrogens is 1570 g/mol. The largest absolute Gasteiger partial charge is 0.394 e. The van der Waals surface area contributed by atoms with Gasteiger partial charge in [-0.05, 0) is 303 Å². The fraction of sp³-hybridized carbons (Fsp3) is 0.306. The Labute approximate surface area is 760 Å². The minimum absolute atomic E-state index is 0.00841. The fourth-order valence-electron chi connectivity index (χ4n) is 15.6. The molecule has 664 valence electrons. The molecule has 0 nitrogen and oxygen atoms in total. The van der Waals surface area contributed by atoms with Gasteiger partial charge in [0.2, 0.25) is 0 Å². The second kappa shape index (κ2) is 45.4. The van der Waals surface area contributed by atoms with E-state index in [1.807, 2.05) is 62.4 Å². The molecule has 0 aliphatic rings. The third-order valence-corrected chi connectivity index (χ3v) is 23.6. The molecule has 0 atom stereocenters. The average Bonchev–Trinajstić information content (AvgIpc) is 0.801. The highest BCUT2D eigenvalue weighted by molar-refractivity contribution is 5.73. The lowest BCUT2D eigenvalue weighted by Crippen LogP contribution is -2.34. The van der Waals surface area contributed by atoms with Crippen LogP contribution in [0.5, 0.6) is 0 Å². The quantitative estimate of drug-likeness (QED) is 0.0898. The molecule has 0 heterocycles. The van der Waals surface area contributed by atoms with Crippen LogP contribution in [0, 0.1) is 126 Å². The highest BCUT2D eigenvalue weighted by Gasteiger charge is 2.48. The second-order valence-electron chi connectivity index (χ2n) is 38.4. The Morgan fingerprint density at radius 1 is 0.213 bits per heavy atom. The van der Waals surface area contributed by atoms with Gasteiger partial charge in [0, 0.05) is 0 Å². The maximum absolute atomic E-state index is 13.0. The van der Waals surface area contributed by atoms with Gasteiger partial charge >= 0.3 is 12.4 Å². The van der Waals surface area contributed by atoms with Crippen molar-refractivity contribution in [3.63, 3.8) is 0 Å². The molecule has 14 aromatic rings. The summed E-state index contributed by atoms with van der Waals surface area (Å²) in [6.45, 7) is 52.6. The molecule has 0 unspecified atom stereocenters. The highest BCUT2D eigenvalue weighted by Crippen LogP contribution is 2.43.